The smallest absolute Gasteiger partial charge is 0.250 e. The maximum Gasteiger partial charge on any atom is 0.250 e. The highest BCUT2D eigenvalue weighted by Crippen LogP contribution is 2.60. The number of nitrogens with one attached hydrogen (secondary N) is 1. The van der Waals surface area contributed by atoms with E-state index in [1.807, 2.05) is 24.3 Å². The summed E-state index contributed by atoms with van der Waals surface area (Å²) in [5.41, 5.74) is 0.581. The largest absolute Gasteiger partial charge is 0.324 e. The molecular formula is C22H17Cl2N3O3. The zero-order valence-corrected chi connectivity index (χ0v) is 17.3. The summed E-state index contributed by atoms with van der Waals surface area (Å²) >= 11 is 12.5. The van der Waals surface area contributed by atoms with Crippen LogP contribution in [0.4, 0.5) is 11.4 Å². The number of nitrogens with zero attached hydrogens (tertiary/aromatic N) is 2. The van der Waals surface area contributed by atoms with Crippen molar-refractivity contribution in [2.75, 3.05) is 16.8 Å². The molecule has 0 bridgehead atoms. The number of amides is 3. The van der Waals surface area contributed by atoms with Gasteiger partial charge in [0, 0.05) is 22.3 Å². The molecular weight excluding hydrogens is 425 g/mol. The van der Waals surface area contributed by atoms with Gasteiger partial charge >= 0.3 is 0 Å². The third-order valence-corrected chi connectivity index (χ3v) is 7.60. The van der Waals surface area contributed by atoms with Gasteiger partial charge in [-0.1, -0.05) is 41.4 Å². The number of hydrogen-bond acceptors (Lipinski definition) is 4. The summed E-state index contributed by atoms with van der Waals surface area (Å²) in [6.45, 7) is 0.678. The molecule has 4 atom stereocenters. The summed E-state index contributed by atoms with van der Waals surface area (Å²) in [5, 5.41) is 3.61. The van der Waals surface area contributed by atoms with Crippen LogP contribution in [0, 0.1) is 11.8 Å². The minimum absolute atomic E-state index is 0.161. The Morgan fingerprint density at radius 2 is 1.83 bits per heavy atom. The van der Waals surface area contributed by atoms with Gasteiger partial charge in [0.2, 0.25) is 17.7 Å². The topological polar surface area (TPSA) is 69.7 Å². The van der Waals surface area contributed by atoms with Crippen LogP contribution in [0.25, 0.3) is 0 Å². The number of hydrogen-bond donors (Lipinski definition) is 1. The van der Waals surface area contributed by atoms with Gasteiger partial charge in [0.25, 0.3) is 0 Å². The molecule has 4 aliphatic rings. The molecule has 8 heteroatoms. The molecule has 0 aliphatic carbocycles. The number of halogens is 2. The van der Waals surface area contributed by atoms with E-state index in [4.69, 9.17) is 23.2 Å². The van der Waals surface area contributed by atoms with Crippen molar-refractivity contribution in [1.29, 1.82) is 0 Å². The van der Waals surface area contributed by atoms with E-state index in [0.717, 1.165) is 23.3 Å². The fourth-order valence-corrected chi connectivity index (χ4v) is 6.42. The van der Waals surface area contributed by atoms with Crippen molar-refractivity contribution in [3.8, 4) is 0 Å². The van der Waals surface area contributed by atoms with Gasteiger partial charge in [0.05, 0.1) is 22.5 Å². The first-order chi connectivity index (χ1) is 14.5. The normalized spacial score (nSPS) is 32.0. The Bertz CT molecular complexity index is 1150. The van der Waals surface area contributed by atoms with Crippen LogP contribution in [0.1, 0.15) is 18.4 Å². The lowest BCUT2D eigenvalue weighted by molar-refractivity contribution is -0.135. The number of carbonyl (C=O) groups is 3. The molecule has 0 unspecified atom stereocenters. The van der Waals surface area contributed by atoms with Crippen LogP contribution < -0.4 is 10.2 Å². The van der Waals surface area contributed by atoms with E-state index in [9.17, 15) is 14.4 Å². The minimum atomic E-state index is -1.17. The van der Waals surface area contributed by atoms with Crippen LogP contribution in [0.2, 0.25) is 10.0 Å². The number of benzene rings is 2. The molecule has 2 aromatic carbocycles. The molecule has 3 fully saturated rings. The van der Waals surface area contributed by atoms with Crippen molar-refractivity contribution in [2.45, 2.75) is 24.4 Å². The van der Waals surface area contributed by atoms with Crippen molar-refractivity contribution >= 4 is 52.3 Å². The highest BCUT2D eigenvalue weighted by Gasteiger charge is 2.74. The standard InChI is InChI=1S/C22H17Cl2N3O3/c23-11-7-8-13(24)16(10-11)27-19(28)17-15-6-3-9-26(15)22(18(17)20(27)29)12-4-1-2-5-14(12)25-21(22)30/h1-2,4-5,7-8,10,15,17-18H,3,6,9H2,(H,25,30)/t15-,17-,18-,22+/m1/s1. The Morgan fingerprint density at radius 3 is 2.67 bits per heavy atom. The summed E-state index contributed by atoms with van der Waals surface area (Å²) in [6, 6.07) is 12.0. The highest BCUT2D eigenvalue weighted by molar-refractivity contribution is 6.38. The Hall–Kier alpha value is -2.41. The fourth-order valence-electron chi connectivity index (χ4n) is 6.05. The molecule has 2 aromatic rings. The SMILES string of the molecule is O=C1[C@@H]2[C@H]3CCCN3[C@]3(C(=O)Nc4ccccc43)[C@H]2C(=O)N1c1cc(Cl)ccc1Cl. The Morgan fingerprint density at radius 1 is 1.03 bits per heavy atom. The van der Waals surface area contributed by atoms with Gasteiger partial charge in [0.15, 0.2) is 0 Å². The molecule has 30 heavy (non-hydrogen) atoms. The van der Waals surface area contributed by atoms with Crippen molar-refractivity contribution in [2.24, 2.45) is 11.8 Å². The van der Waals surface area contributed by atoms with Crippen LogP contribution in [-0.2, 0) is 19.9 Å². The predicted molar refractivity (Wildman–Crippen MR) is 112 cm³/mol. The average molecular weight is 442 g/mol. The first-order valence-electron chi connectivity index (χ1n) is 9.97. The molecule has 6 nitrogen and oxygen atoms in total. The third kappa shape index (κ3) is 2.02. The second-order valence-electron chi connectivity index (χ2n) is 8.28. The van der Waals surface area contributed by atoms with E-state index in [1.165, 1.54) is 6.07 Å². The molecule has 3 saturated heterocycles. The summed E-state index contributed by atoms with van der Waals surface area (Å²) in [4.78, 5) is 44.1. The molecule has 0 radical (unpaired) electrons. The molecule has 4 aliphatic heterocycles. The van der Waals surface area contributed by atoms with Crippen molar-refractivity contribution in [1.82, 2.24) is 4.90 Å². The molecule has 4 heterocycles. The van der Waals surface area contributed by atoms with E-state index in [2.05, 4.69) is 10.2 Å². The summed E-state index contributed by atoms with van der Waals surface area (Å²) in [6.07, 6.45) is 1.65. The molecule has 0 aromatic heterocycles. The van der Waals surface area contributed by atoms with Crippen molar-refractivity contribution in [3.05, 3.63) is 58.1 Å². The van der Waals surface area contributed by atoms with Gasteiger partial charge in [-0.25, -0.2) is 4.90 Å². The second kappa shape index (κ2) is 6.06. The molecule has 152 valence electrons. The summed E-state index contributed by atoms with van der Waals surface area (Å²) < 4.78 is 0. The van der Waals surface area contributed by atoms with Crippen molar-refractivity contribution < 1.29 is 14.4 Å². The van der Waals surface area contributed by atoms with Gasteiger partial charge in [-0.3, -0.25) is 19.3 Å². The van der Waals surface area contributed by atoms with E-state index in [1.54, 1.807) is 12.1 Å². The van der Waals surface area contributed by atoms with Crippen LogP contribution in [0.15, 0.2) is 42.5 Å². The lowest BCUT2D eigenvalue weighted by Gasteiger charge is -2.36. The Balaban J connectivity index is 1.57. The number of carbonyl (C=O) groups excluding carboxylic acids is 3. The van der Waals surface area contributed by atoms with Crippen LogP contribution in [0.5, 0.6) is 0 Å². The third-order valence-electron chi connectivity index (χ3n) is 7.05. The average Bonchev–Trinajstić information content (AvgIpc) is 3.42. The van der Waals surface area contributed by atoms with Gasteiger partial charge in [-0.15, -0.1) is 0 Å². The number of fused-ring (bicyclic) bond motifs is 7. The maximum absolute atomic E-state index is 13.8. The summed E-state index contributed by atoms with van der Waals surface area (Å²) in [7, 11) is 0. The quantitative estimate of drug-likeness (QED) is 0.688. The highest BCUT2D eigenvalue weighted by atomic mass is 35.5. The van der Waals surface area contributed by atoms with Gasteiger partial charge in [-0.2, -0.15) is 0 Å². The van der Waals surface area contributed by atoms with Gasteiger partial charge in [0.1, 0.15) is 5.54 Å². The first kappa shape index (κ1) is 18.4. The van der Waals surface area contributed by atoms with Gasteiger partial charge < -0.3 is 5.32 Å². The zero-order chi connectivity index (χ0) is 20.8. The molecule has 1 spiro atoms. The van der Waals surface area contributed by atoms with E-state index >= 15 is 0 Å². The monoisotopic (exact) mass is 441 g/mol. The lowest BCUT2D eigenvalue weighted by Crippen LogP contribution is -2.54. The van der Waals surface area contributed by atoms with E-state index in [0.29, 0.717) is 17.3 Å². The molecule has 1 N–H and O–H groups in total. The molecule has 0 saturated carbocycles. The fraction of sp³-hybridized carbons (Fsp3) is 0.318. The number of rotatable bonds is 1. The lowest BCUT2D eigenvalue weighted by atomic mass is 9.75. The number of para-hydroxylation sites is 1. The van der Waals surface area contributed by atoms with Crippen LogP contribution >= 0.6 is 23.2 Å². The predicted octanol–water partition coefficient (Wildman–Crippen LogP) is 3.42. The Labute approximate surface area is 182 Å². The maximum atomic E-state index is 13.8. The Kier molecular flexibility index (Phi) is 3.71. The zero-order valence-electron chi connectivity index (χ0n) is 15.8. The van der Waals surface area contributed by atoms with Gasteiger partial charge in [-0.05, 0) is 43.7 Å². The number of imide groups is 1. The second-order valence-corrected chi connectivity index (χ2v) is 9.12. The van der Waals surface area contributed by atoms with Crippen LogP contribution in [0.3, 0.4) is 0 Å². The summed E-state index contributed by atoms with van der Waals surface area (Å²) in [5.74, 6) is -2.32. The number of anilines is 2. The minimum Gasteiger partial charge on any atom is -0.324 e. The van der Waals surface area contributed by atoms with Crippen LogP contribution in [-0.4, -0.2) is 35.2 Å². The first-order valence-corrected chi connectivity index (χ1v) is 10.7. The van der Waals surface area contributed by atoms with Crippen molar-refractivity contribution in [3.63, 3.8) is 0 Å². The molecule has 6 rings (SSSR count). The van der Waals surface area contributed by atoms with E-state index < -0.39 is 23.3 Å². The van der Waals surface area contributed by atoms with E-state index in [-0.39, 0.29) is 28.6 Å². The molecule has 3 amide bonds.